The average molecular weight is 320 g/mol. The van der Waals surface area contributed by atoms with Crippen molar-refractivity contribution < 1.29 is 9.59 Å². The fourth-order valence-corrected chi connectivity index (χ4v) is 3.45. The Balaban J connectivity index is 1.76. The summed E-state index contributed by atoms with van der Waals surface area (Å²) >= 11 is 0. The number of hydrogen-bond donors (Lipinski definition) is 1. The van der Waals surface area contributed by atoms with Gasteiger partial charge in [-0.05, 0) is 18.8 Å². The Morgan fingerprint density at radius 3 is 2.70 bits per heavy atom. The number of piperidine rings is 1. The van der Waals surface area contributed by atoms with E-state index in [1.165, 1.54) is 16.8 Å². The molecule has 2 amide bonds. The lowest BCUT2D eigenvalue weighted by Crippen LogP contribution is -2.49. The number of aromatic nitrogens is 2. The van der Waals surface area contributed by atoms with E-state index in [1.807, 2.05) is 4.90 Å². The molecule has 1 aromatic heterocycles. The number of H-pyrrole nitrogens is 1. The summed E-state index contributed by atoms with van der Waals surface area (Å²) in [4.78, 5) is 52.8. The van der Waals surface area contributed by atoms with Crippen LogP contribution in [0.5, 0.6) is 0 Å². The van der Waals surface area contributed by atoms with E-state index in [0.717, 1.165) is 12.8 Å². The number of carbonyl (C=O) groups is 2. The quantitative estimate of drug-likeness (QED) is 0.756. The third kappa shape index (κ3) is 3.20. The minimum Gasteiger partial charge on any atom is -0.341 e. The van der Waals surface area contributed by atoms with Crippen LogP contribution in [-0.2, 0) is 16.1 Å². The molecule has 4 rings (SSSR count). The highest BCUT2D eigenvalue weighted by Gasteiger charge is 2.37. The van der Waals surface area contributed by atoms with Crippen molar-refractivity contribution in [3.63, 3.8) is 0 Å². The first-order valence-electron chi connectivity index (χ1n) is 7.79. The van der Waals surface area contributed by atoms with Gasteiger partial charge in [-0.2, -0.15) is 0 Å². The molecule has 8 heteroatoms. The van der Waals surface area contributed by atoms with Crippen LogP contribution in [0.2, 0.25) is 0 Å². The number of nitrogens with zero attached hydrogens (tertiary/aromatic N) is 3. The molecule has 1 N–H and O–H groups in total. The maximum Gasteiger partial charge on any atom is 0.328 e. The molecule has 2 bridgehead atoms. The third-order valence-corrected chi connectivity index (χ3v) is 4.68. The standard InChI is InChI=1S/C15H20N4O4/c1-10(20)18-6-11-2-3-12(8-18)19(7-11)14(22)9-17-5-4-13(21)16-15(17)23/h4-5,11-12H,2-3,6-9H2,1H3,(H,16,21,23). The predicted molar refractivity (Wildman–Crippen MR) is 81.8 cm³/mol. The van der Waals surface area contributed by atoms with Crippen LogP contribution in [0.3, 0.4) is 0 Å². The van der Waals surface area contributed by atoms with Gasteiger partial charge >= 0.3 is 5.69 Å². The fourth-order valence-electron chi connectivity index (χ4n) is 3.45. The topological polar surface area (TPSA) is 95.5 Å². The first-order chi connectivity index (χ1) is 10.9. The summed E-state index contributed by atoms with van der Waals surface area (Å²) in [6, 6.07) is 1.23. The lowest BCUT2D eigenvalue weighted by atomic mass is 9.95. The van der Waals surface area contributed by atoms with Crippen molar-refractivity contribution in [3.8, 4) is 0 Å². The maximum atomic E-state index is 12.6. The maximum absolute atomic E-state index is 12.6. The zero-order chi connectivity index (χ0) is 16.6. The van der Waals surface area contributed by atoms with E-state index in [0.29, 0.717) is 19.6 Å². The van der Waals surface area contributed by atoms with Gasteiger partial charge in [0, 0.05) is 44.9 Å². The number of nitrogens with one attached hydrogen (secondary N) is 1. The minimum atomic E-state index is -0.587. The van der Waals surface area contributed by atoms with Gasteiger partial charge in [-0.1, -0.05) is 0 Å². The zero-order valence-electron chi connectivity index (χ0n) is 13.0. The van der Waals surface area contributed by atoms with Crippen LogP contribution < -0.4 is 11.2 Å². The van der Waals surface area contributed by atoms with Gasteiger partial charge in [-0.15, -0.1) is 0 Å². The number of amides is 2. The van der Waals surface area contributed by atoms with Gasteiger partial charge in [-0.3, -0.25) is 23.9 Å². The molecule has 124 valence electrons. The van der Waals surface area contributed by atoms with Gasteiger partial charge in [-0.25, -0.2) is 4.79 Å². The van der Waals surface area contributed by atoms with E-state index in [-0.39, 0.29) is 30.3 Å². The summed E-state index contributed by atoms with van der Waals surface area (Å²) in [7, 11) is 0. The molecule has 1 aromatic rings. The summed E-state index contributed by atoms with van der Waals surface area (Å²) < 4.78 is 1.20. The van der Waals surface area contributed by atoms with E-state index >= 15 is 0 Å². The third-order valence-electron chi connectivity index (χ3n) is 4.68. The highest BCUT2D eigenvalue weighted by Crippen LogP contribution is 2.28. The van der Waals surface area contributed by atoms with Crippen LogP contribution in [0.1, 0.15) is 19.8 Å². The van der Waals surface area contributed by atoms with Crippen molar-refractivity contribution in [3.05, 3.63) is 33.1 Å². The lowest BCUT2D eigenvalue weighted by Gasteiger charge is -2.36. The van der Waals surface area contributed by atoms with Crippen molar-refractivity contribution in [1.29, 1.82) is 0 Å². The van der Waals surface area contributed by atoms with Crippen LogP contribution in [0.25, 0.3) is 0 Å². The first kappa shape index (κ1) is 15.5. The Kier molecular flexibility index (Phi) is 4.06. The van der Waals surface area contributed by atoms with Gasteiger partial charge < -0.3 is 9.80 Å². The van der Waals surface area contributed by atoms with Crippen LogP contribution >= 0.6 is 0 Å². The molecular formula is C15H20N4O4. The van der Waals surface area contributed by atoms with Crippen LogP contribution in [-0.4, -0.2) is 56.8 Å². The molecule has 0 radical (unpaired) electrons. The zero-order valence-corrected chi connectivity index (χ0v) is 13.0. The summed E-state index contributed by atoms with van der Waals surface area (Å²) in [5.74, 6) is 0.168. The number of carbonyl (C=O) groups excluding carboxylic acids is 2. The second-order valence-corrected chi connectivity index (χ2v) is 6.31. The second kappa shape index (κ2) is 6.02. The molecule has 2 atom stereocenters. The summed E-state index contributed by atoms with van der Waals surface area (Å²) in [6.45, 7) is 3.31. The monoisotopic (exact) mass is 320 g/mol. The molecule has 0 saturated carbocycles. The van der Waals surface area contributed by atoms with Crippen molar-refractivity contribution in [1.82, 2.24) is 19.4 Å². The highest BCUT2D eigenvalue weighted by molar-refractivity contribution is 5.77. The van der Waals surface area contributed by atoms with Gasteiger partial charge in [0.2, 0.25) is 11.8 Å². The molecule has 2 unspecified atom stereocenters. The molecule has 3 aliphatic heterocycles. The molecule has 4 heterocycles. The SMILES string of the molecule is CC(=O)N1CC2CCC(C1)N(C(=O)Cn1ccc(=O)[nH]c1=O)C2. The minimum absolute atomic E-state index is 0.00335. The molecule has 3 saturated heterocycles. The summed E-state index contributed by atoms with van der Waals surface area (Å²) in [6.07, 6.45) is 3.22. The normalized spacial score (nSPS) is 23.7. The van der Waals surface area contributed by atoms with E-state index in [4.69, 9.17) is 0 Å². The van der Waals surface area contributed by atoms with Gasteiger partial charge in [0.15, 0.2) is 0 Å². The van der Waals surface area contributed by atoms with Crippen molar-refractivity contribution in [2.24, 2.45) is 5.92 Å². The molecule has 3 fully saturated rings. The van der Waals surface area contributed by atoms with E-state index in [2.05, 4.69) is 4.98 Å². The fraction of sp³-hybridized carbons (Fsp3) is 0.600. The Labute approximate surface area is 132 Å². The van der Waals surface area contributed by atoms with Gasteiger partial charge in [0.25, 0.3) is 5.56 Å². The largest absolute Gasteiger partial charge is 0.341 e. The molecule has 8 nitrogen and oxygen atoms in total. The Morgan fingerprint density at radius 2 is 2.00 bits per heavy atom. The molecular weight excluding hydrogens is 300 g/mol. The average Bonchev–Trinajstić information content (AvgIpc) is 2.82. The van der Waals surface area contributed by atoms with E-state index < -0.39 is 11.2 Å². The summed E-state index contributed by atoms with van der Waals surface area (Å²) in [5.41, 5.74) is -1.07. The number of hydrogen-bond acceptors (Lipinski definition) is 4. The van der Waals surface area contributed by atoms with Crippen molar-refractivity contribution in [2.75, 3.05) is 19.6 Å². The molecule has 0 aromatic carbocycles. The lowest BCUT2D eigenvalue weighted by molar-refractivity contribution is -0.136. The van der Waals surface area contributed by atoms with Crippen LogP contribution in [0.15, 0.2) is 21.9 Å². The second-order valence-electron chi connectivity index (χ2n) is 6.31. The molecule has 23 heavy (non-hydrogen) atoms. The first-order valence-corrected chi connectivity index (χ1v) is 7.79. The highest BCUT2D eigenvalue weighted by atomic mass is 16.2. The Hall–Kier alpha value is -2.38. The Morgan fingerprint density at radius 1 is 1.22 bits per heavy atom. The Bertz CT molecular complexity index is 737. The molecule has 0 aliphatic carbocycles. The van der Waals surface area contributed by atoms with Crippen molar-refractivity contribution in [2.45, 2.75) is 32.4 Å². The summed E-state index contributed by atoms with van der Waals surface area (Å²) in [5, 5.41) is 0. The smallest absolute Gasteiger partial charge is 0.328 e. The van der Waals surface area contributed by atoms with Crippen molar-refractivity contribution >= 4 is 11.8 Å². The number of fused-ring (bicyclic) bond motifs is 4. The van der Waals surface area contributed by atoms with E-state index in [1.54, 1.807) is 11.8 Å². The van der Waals surface area contributed by atoms with Crippen LogP contribution in [0, 0.1) is 5.92 Å². The predicted octanol–water partition coefficient (Wildman–Crippen LogP) is -0.994. The van der Waals surface area contributed by atoms with Gasteiger partial charge in [0.1, 0.15) is 6.54 Å². The van der Waals surface area contributed by atoms with Gasteiger partial charge in [0.05, 0.1) is 0 Å². The van der Waals surface area contributed by atoms with E-state index in [9.17, 15) is 19.2 Å². The molecule has 0 spiro atoms. The number of aromatic amines is 1. The molecule has 3 aliphatic rings. The number of rotatable bonds is 2. The van der Waals surface area contributed by atoms with Crippen LogP contribution in [0.4, 0.5) is 0 Å².